The van der Waals surface area contributed by atoms with Crippen molar-refractivity contribution in [3.8, 4) is 11.5 Å². The van der Waals surface area contributed by atoms with Gasteiger partial charge in [0.05, 0.1) is 7.11 Å². The monoisotopic (exact) mass is 333 g/mol. The standard InChI is InChI=1S/C19H31N3O2/c1-3-16-13-22(11-8-20-16)17(14-21-9-4-5-10-21)15-6-7-18(23)19(12-15)24-2/h6-7,12,16-17,20,23H,3-5,8-11,13-14H2,1-2H3. The molecule has 2 N–H and O–H groups in total. The SMILES string of the molecule is CCC1CN(C(CN2CCCC2)c2ccc(O)c(OC)c2)CCN1. The highest BCUT2D eigenvalue weighted by atomic mass is 16.5. The summed E-state index contributed by atoms with van der Waals surface area (Å²) in [6.45, 7) is 8.91. The molecule has 0 aliphatic carbocycles. The third kappa shape index (κ3) is 4.02. The van der Waals surface area contributed by atoms with Crippen molar-refractivity contribution in [3.63, 3.8) is 0 Å². The van der Waals surface area contributed by atoms with Gasteiger partial charge in [0, 0.05) is 38.3 Å². The van der Waals surface area contributed by atoms with Gasteiger partial charge in [-0.3, -0.25) is 4.90 Å². The number of nitrogens with one attached hydrogen (secondary N) is 1. The number of phenols is 1. The quantitative estimate of drug-likeness (QED) is 0.836. The van der Waals surface area contributed by atoms with Gasteiger partial charge in [0.25, 0.3) is 0 Å². The predicted octanol–water partition coefficient (Wildman–Crippen LogP) is 2.22. The van der Waals surface area contributed by atoms with Crippen LogP contribution in [-0.2, 0) is 0 Å². The average Bonchev–Trinajstić information content (AvgIpc) is 3.13. The van der Waals surface area contributed by atoms with E-state index >= 15 is 0 Å². The molecule has 2 aliphatic rings. The van der Waals surface area contributed by atoms with Crippen LogP contribution < -0.4 is 10.1 Å². The molecule has 0 aromatic heterocycles. The largest absolute Gasteiger partial charge is 0.504 e. The zero-order valence-corrected chi connectivity index (χ0v) is 15.0. The Bertz CT molecular complexity index is 531. The second kappa shape index (κ2) is 8.19. The van der Waals surface area contributed by atoms with E-state index in [-0.39, 0.29) is 5.75 Å². The molecule has 2 aliphatic heterocycles. The fraction of sp³-hybridized carbons (Fsp3) is 0.684. The van der Waals surface area contributed by atoms with Gasteiger partial charge < -0.3 is 20.1 Å². The topological polar surface area (TPSA) is 48.0 Å². The minimum atomic E-state index is 0.216. The molecule has 0 amide bonds. The molecular formula is C19H31N3O2. The zero-order valence-electron chi connectivity index (χ0n) is 15.0. The molecule has 2 fully saturated rings. The van der Waals surface area contributed by atoms with Crippen molar-refractivity contribution < 1.29 is 9.84 Å². The molecule has 2 unspecified atom stereocenters. The second-order valence-electron chi connectivity index (χ2n) is 7.01. The highest BCUT2D eigenvalue weighted by Gasteiger charge is 2.29. The molecule has 24 heavy (non-hydrogen) atoms. The van der Waals surface area contributed by atoms with E-state index in [1.165, 1.54) is 31.5 Å². The zero-order chi connectivity index (χ0) is 16.9. The fourth-order valence-electron chi connectivity index (χ4n) is 3.95. The maximum Gasteiger partial charge on any atom is 0.160 e. The van der Waals surface area contributed by atoms with Gasteiger partial charge in [-0.05, 0) is 50.0 Å². The van der Waals surface area contributed by atoms with Crippen molar-refractivity contribution in [1.82, 2.24) is 15.1 Å². The van der Waals surface area contributed by atoms with Gasteiger partial charge in [-0.25, -0.2) is 0 Å². The number of hydrogen-bond donors (Lipinski definition) is 2. The van der Waals surface area contributed by atoms with Gasteiger partial charge in [0.15, 0.2) is 11.5 Å². The summed E-state index contributed by atoms with van der Waals surface area (Å²) in [5, 5.41) is 13.5. The van der Waals surface area contributed by atoms with E-state index in [1.807, 2.05) is 6.07 Å². The molecule has 2 heterocycles. The molecule has 0 saturated carbocycles. The number of phenolic OH excluding ortho intramolecular Hbond substituents is 1. The Balaban J connectivity index is 1.83. The third-order valence-corrected chi connectivity index (χ3v) is 5.44. The van der Waals surface area contributed by atoms with Crippen LogP contribution in [-0.4, -0.2) is 67.3 Å². The summed E-state index contributed by atoms with van der Waals surface area (Å²) in [4.78, 5) is 5.18. The summed E-state index contributed by atoms with van der Waals surface area (Å²) in [5.41, 5.74) is 1.24. The molecule has 2 atom stereocenters. The van der Waals surface area contributed by atoms with Crippen LogP contribution in [0.5, 0.6) is 11.5 Å². The Hall–Kier alpha value is -1.30. The first-order valence-electron chi connectivity index (χ1n) is 9.28. The Morgan fingerprint density at radius 1 is 1.29 bits per heavy atom. The lowest BCUT2D eigenvalue weighted by Gasteiger charge is -2.40. The van der Waals surface area contributed by atoms with E-state index < -0.39 is 0 Å². The number of piperazine rings is 1. The summed E-state index contributed by atoms with van der Waals surface area (Å²) >= 11 is 0. The number of nitrogens with zero attached hydrogens (tertiary/aromatic N) is 2. The van der Waals surface area contributed by atoms with Crippen molar-refractivity contribution >= 4 is 0 Å². The van der Waals surface area contributed by atoms with Crippen molar-refractivity contribution in [2.75, 3.05) is 46.4 Å². The van der Waals surface area contributed by atoms with Crippen LogP contribution >= 0.6 is 0 Å². The van der Waals surface area contributed by atoms with Crippen LogP contribution in [0.25, 0.3) is 0 Å². The van der Waals surface area contributed by atoms with Crippen LogP contribution in [0.4, 0.5) is 0 Å². The van der Waals surface area contributed by atoms with Crippen molar-refractivity contribution in [3.05, 3.63) is 23.8 Å². The maximum atomic E-state index is 9.93. The first kappa shape index (κ1) is 17.5. The van der Waals surface area contributed by atoms with E-state index in [0.717, 1.165) is 32.6 Å². The van der Waals surface area contributed by atoms with Gasteiger partial charge >= 0.3 is 0 Å². The molecule has 1 aromatic carbocycles. The van der Waals surface area contributed by atoms with Crippen molar-refractivity contribution in [1.29, 1.82) is 0 Å². The lowest BCUT2D eigenvalue weighted by molar-refractivity contribution is 0.112. The van der Waals surface area contributed by atoms with Gasteiger partial charge in [-0.1, -0.05) is 13.0 Å². The smallest absolute Gasteiger partial charge is 0.160 e. The minimum absolute atomic E-state index is 0.216. The first-order valence-corrected chi connectivity index (χ1v) is 9.28. The highest BCUT2D eigenvalue weighted by Crippen LogP contribution is 2.32. The molecule has 0 radical (unpaired) electrons. The summed E-state index contributed by atoms with van der Waals surface area (Å²) in [7, 11) is 1.62. The van der Waals surface area contributed by atoms with E-state index in [1.54, 1.807) is 13.2 Å². The van der Waals surface area contributed by atoms with Crippen molar-refractivity contribution in [2.24, 2.45) is 0 Å². The van der Waals surface area contributed by atoms with Crippen LogP contribution in [0.3, 0.4) is 0 Å². The van der Waals surface area contributed by atoms with Crippen molar-refractivity contribution in [2.45, 2.75) is 38.3 Å². The number of likely N-dealkylation sites (tertiary alicyclic amines) is 1. The Kier molecular flexibility index (Phi) is 5.98. The molecular weight excluding hydrogens is 302 g/mol. The molecule has 134 valence electrons. The molecule has 1 aromatic rings. The summed E-state index contributed by atoms with van der Waals surface area (Å²) < 4.78 is 5.34. The maximum absolute atomic E-state index is 9.93. The van der Waals surface area contributed by atoms with E-state index in [4.69, 9.17) is 4.74 Å². The predicted molar refractivity (Wildman–Crippen MR) is 96.7 cm³/mol. The Morgan fingerprint density at radius 2 is 2.08 bits per heavy atom. The molecule has 2 saturated heterocycles. The van der Waals surface area contributed by atoms with Crippen LogP contribution in [0.2, 0.25) is 0 Å². The van der Waals surface area contributed by atoms with E-state index in [9.17, 15) is 5.11 Å². The second-order valence-corrected chi connectivity index (χ2v) is 7.01. The van der Waals surface area contributed by atoms with Gasteiger partial charge in [-0.2, -0.15) is 0 Å². The number of methoxy groups -OCH3 is 1. The number of rotatable bonds is 6. The minimum Gasteiger partial charge on any atom is -0.504 e. The summed E-state index contributed by atoms with van der Waals surface area (Å²) in [6.07, 6.45) is 3.78. The Morgan fingerprint density at radius 3 is 2.79 bits per heavy atom. The van der Waals surface area contributed by atoms with Crippen LogP contribution in [0.15, 0.2) is 18.2 Å². The molecule has 0 bridgehead atoms. The van der Waals surface area contributed by atoms with E-state index in [0.29, 0.717) is 17.8 Å². The number of ether oxygens (including phenoxy) is 1. The average molecular weight is 333 g/mol. The van der Waals surface area contributed by atoms with Gasteiger partial charge in [0.2, 0.25) is 0 Å². The molecule has 0 spiro atoms. The highest BCUT2D eigenvalue weighted by molar-refractivity contribution is 5.42. The molecule has 5 heteroatoms. The number of aromatic hydroxyl groups is 1. The van der Waals surface area contributed by atoms with Crippen LogP contribution in [0.1, 0.15) is 37.8 Å². The molecule has 5 nitrogen and oxygen atoms in total. The van der Waals surface area contributed by atoms with Crippen LogP contribution in [0, 0.1) is 0 Å². The van der Waals surface area contributed by atoms with Gasteiger partial charge in [0.1, 0.15) is 0 Å². The lowest BCUT2D eigenvalue weighted by atomic mass is 10.0. The lowest BCUT2D eigenvalue weighted by Crippen LogP contribution is -2.52. The third-order valence-electron chi connectivity index (χ3n) is 5.44. The summed E-state index contributed by atoms with van der Waals surface area (Å²) in [6, 6.07) is 6.76. The first-order chi connectivity index (χ1) is 11.7. The fourth-order valence-corrected chi connectivity index (χ4v) is 3.95. The van der Waals surface area contributed by atoms with Gasteiger partial charge in [-0.15, -0.1) is 0 Å². The Labute approximate surface area is 145 Å². The summed E-state index contributed by atoms with van der Waals surface area (Å²) in [5.74, 6) is 0.786. The van der Waals surface area contributed by atoms with E-state index in [2.05, 4.69) is 28.1 Å². The number of benzene rings is 1. The normalized spacial score (nSPS) is 24.2. The number of hydrogen-bond acceptors (Lipinski definition) is 5. The molecule has 3 rings (SSSR count).